The first kappa shape index (κ1) is 13.2. The SMILES string of the molecule is CCCCCOc1cc(C[Si])c2ccccc2c1. The van der Waals surface area contributed by atoms with Crippen LogP contribution in [0.5, 0.6) is 5.75 Å². The third kappa shape index (κ3) is 3.14. The topological polar surface area (TPSA) is 9.23 Å². The first-order valence-electron chi connectivity index (χ1n) is 6.64. The van der Waals surface area contributed by atoms with Crippen molar-refractivity contribution in [3.8, 4) is 5.75 Å². The summed E-state index contributed by atoms with van der Waals surface area (Å²) in [5.41, 5.74) is 1.29. The second-order valence-corrected chi connectivity index (χ2v) is 4.89. The molecule has 0 aromatic heterocycles. The van der Waals surface area contributed by atoms with Gasteiger partial charge in [-0.25, -0.2) is 0 Å². The Hall–Kier alpha value is -1.28. The van der Waals surface area contributed by atoms with Gasteiger partial charge in [0.15, 0.2) is 0 Å². The maximum Gasteiger partial charge on any atom is 0.120 e. The zero-order valence-corrected chi connectivity index (χ0v) is 11.9. The third-order valence-corrected chi connectivity index (χ3v) is 3.51. The molecule has 1 nitrogen and oxygen atoms in total. The van der Waals surface area contributed by atoms with Crippen molar-refractivity contribution in [2.45, 2.75) is 32.2 Å². The molecule has 0 saturated heterocycles. The van der Waals surface area contributed by atoms with Gasteiger partial charge in [0, 0.05) is 10.2 Å². The van der Waals surface area contributed by atoms with E-state index in [-0.39, 0.29) is 0 Å². The average Bonchev–Trinajstić information content (AvgIpc) is 2.42. The van der Waals surface area contributed by atoms with E-state index in [1.165, 1.54) is 29.2 Å². The molecule has 3 radical (unpaired) electrons. The van der Waals surface area contributed by atoms with E-state index in [4.69, 9.17) is 4.74 Å². The fourth-order valence-corrected chi connectivity index (χ4v) is 2.42. The molecule has 2 aromatic rings. The molecule has 0 N–H and O–H groups in total. The van der Waals surface area contributed by atoms with Crippen LogP contribution < -0.4 is 4.74 Å². The summed E-state index contributed by atoms with van der Waals surface area (Å²) in [5, 5.41) is 2.55. The Morgan fingerprint density at radius 1 is 1.11 bits per heavy atom. The number of hydrogen-bond acceptors (Lipinski definition) is 1. The Bertz CT molecular complexity index is 507. The fourth-order valence-electron chi connectivity index (χ4n) is 2.13. The molecule has 0 unspecified atom stereocenters. The van der Waals surface area contributed by atoms with Crippen molar-refractivity contribution in [1.29, 1.82) is 0 Å². The van der Waals surface area contributed by atoms with Gasteiger partial charge in [-0.2, -0.15) is 0 Å². The van der Waals surface area contributed by atoms with Crippen molar-refractivity contribution in [1.82, 2.24) is 0 Å². The molecular formula is C16H19OSi. The molecule has 2 aromatic carbocycles. The van der Waals surface area contributed by atoms with Crippen LogP contribution in [0.3, 0.4) is 0 Å². The standard InChI is InChI=1S/C16H19OSi/c1-2-3-6-9-17-15-10-13-7-4-5-8-16(13)14(11-15)12-18/h4-5,7-8,10-11H,2-3,6,9,12H2,1H3. The van der Waals surface area contributed by atoms with Crippen molar-refractivity contribution < 1.29 is 4.74 Å². The molecule has 93 valence electrons. The number of rotatable bonds is 6. The molecule has 0 aliphatic heterocycles. The van der Waals surface area contributed by atoms with E-state index < -0.39 is 0 Å². The van der Waals surface area contributed by atoms with Crippen LogP contribution in [0.4, 0.5) is 0 Å². The van der Waals surface area contributed by atoms with E-state index in [2.05, 4.69) is 53.6 Å². The quantitative estimate of drug-likeness (QED) is 0.558. The zero-order valence-electron chi connectivity index (χ0n) is 10.9. The number of fused-ring (bicyclic) bond motifs is 1. The molecule has 0 spiro atoms. The Kier molecular flexibility index (Phi) is 4.82. The highest BCUT2D eigenvalue weighted by molar-refractivity contribution is 6.10. The summed E-state index contributed by atoms with van der Waals surface area (Å²) in [4.78, 5) is 0. The van der Waals surface area contributed by atoms with Crippen molar-refractivity contribution in [3.05, 3.63) is 42.0 Å². The molecule has 0 atom stereocenters. The van der Waals surface area contributed by atoms with Crippen molar-refractivity contribution >= 4 is 21.0 Å². The van der Waals surface area contributed by atoms with Gasteiger partial charge >= 0.3 is 0 Å². The first-order valence-corrected chi connectivity index (χ1v) is 7.35. The van der Waals surface area contributed by atoms with Crippen LogP contribution in [0, 0.1) is 0 Å². The van der Waals surface area contributed by atoms with Crippen LogP contribution in [-0.4, -0.2) is 16.8 Å². The van der Waals surface area contributed by atoms with E-state index in [0.717, 1.165) is 24.8 Å². The van der Waals surface area contributed by atoms with Gasteiger partial charge in [-0.05, 0) is 40.9 Å². The highest BCUT2D eigenvalue weighted by Gasteiger charge is 2.03. The predicted octanol–water partition coefficient (Wildman–Crippen LogP) is 4.08. The minimum absolute atomic E-state index is 0.813. The highest BCUT2D eigenvalue weighted by atomic mass is 28.1. The molecule has 2 rings (SSSR count). The largest absolute Gasteiger partial charge is 0.494 e. The van der Waals surface area contributed by atoms with Gasteiger partial charge in [-0.1, -0.05) is 44.0 Å². The van der Waals surface area contributed by atoms with Gasteiger partial charge in [0.2, 0.25) is 0 Å². The molecule has 0 heterocycles. The number of benzene rings is 2. The lowest BCUT2D eigenvalue weighted by molar-refractivity contribution is 0.306. The minimum Gasteiger partial charge on any atom is -0.494 e. The monoisotopic (exact) mass is 255 g/mol. The van der Waals surface area contributed by atoms with Gasteiger partial charge in [-0.15, -0.1) is 0 Å². The van der Waals surface area contributed by atoms with Gasteiger partial charge in [-0.3, -0.25) is 0 Å². The van der Waals surface area contributed by atoms with Crippen LogP contribution >= 0.6 is 0 Å². The van der Waals surface area contributed by atoms with Crippen LogP contribution in [0.25, 0.3) is 10.8 Å². The normalized spacial score (nSPS) is 10.8. The number of unbranched alkanes of at least 4 members (excludes halogenated alkanes) is 2. The lowest BCUT2D eigenvalue weighted by atomic mass is 10.1. The minimum atomic E-state index is 0.813. The summed E-state index contributed by atoms with van der Waals surface area (Å²) < 4.78 is 5.84. The molecule has 0 bridgehead atoms. The maximum atomic E-state index is 5.84. The van der Waals surface area contributed by atoms with E-state index in [9.17, 15) is 0 Å². The van der Waals surface area contributed by atoms with Crippen LogP contribution in [0.1, 0.15) is 31.7 Å². The summed E-state index contributed by atoms with van der Waals surface area (Å²) in [6.07, 6.45) is 3.60. The van der Waals surface area contributed by atoms with E-state index in [1.54, 1.807) is 0 Å². The second kappa shape index (κ2) is 6.60. The van der Waals surface area contributed by atoms with Gasteiger partial charge in [0.25, 0.3) is 0 Å². The lowest BCUT2D eigenvalue weighted by Gasteiger charge is -2.10. The molecule has 0 aliphatic carbocycles. The first-order chi connectivity index (χ1) is 8.85. The molecule has 0 fully saturated rings. The number of ether oxygens (including phenoxy) is 1. The van der Waals surface area contributed by atoms with Crippen molar-refractivity contribution in [2.24, 2.45) is 0 Å². The van der Waals surface area contributed by atoms with Crippen molar-refractivity contribution in [3.63, 3.8) is 0 Å². The molecular weight excluding hydrogens is 236 g/mol. The van der Waals surface area contributed by atoms with Gasteiger partial charge < -0.3 is 4.74 Å². The molecule has 2 heteroatoms. The Balaban J connectivity index is 2.18. The molecule has 0 saturated carbocycles. The van der Waals surface area contributed by atoms with Crippen LogP contribution in [0.15, 0.2) is 36.4 Å². The predicted molar refractivity (Wildman–Crippen MR) is 78.4 cm³/mol. The van der Waals surface area contributed by atoms with E-state index >= 15 is 0 Å². The number of hydrogen-bond donors (Lipinski definition) is 0. The summed E-state index contributed by atoms with van der Waals surface area (Å²) in [6, 6.07) is 13.6. The highest BCUT2D eigenvalue weighted by Crippen LogP contribution is 2.25. The Morgan fingerprint density at radius 3 is 2.72 bits per heavy atom. The van der Waals surface area contributed by atoms with E-state index in [1.807, 2.05) is 0 Å². The Morgan fingerprint density at radius 2 is 1.94 bits per heavy atom. The summed E-state index contributed by atoms with van der Waals surface area (Å²) in [5.74, 6) is 0.984. The van der Waals surface area contributed by atoms with Gasteiger partial charge in [0.1, 0.15) is 5.75 Å². The summed E-state index contributed by atoms with van der Waals surface area (Å²) in [6.45, 7) is 3.02. The van der Waals surface area contributed by atoms with Crippen LogP contribution in [0.2, 0.25) is 0 Å². The average molecular weight is 255 g/mol. The second-order valence-electron chi connectivity index (χ2n) is 4.54. The van der Waals surface area contributed by atoms with Gasteiger partial charge in [0.05, 0.1) is 6.61 Å². The molecule has 18 heavy (non-hydrogen) atoms. The van der Waals surface area contributed by atoms with E-state index in [0.29, 0.717) is 0 Å². The zero-order chi connectivity index (χ0) is 12.8. The van der Waals surface area contributed by atoms with Crippen LogP contribution in [-0.2, 0) is 6.04 Å². The van der Waals surface area contributed by atoms with Crippen molar-refractivity contribution in [2.75, 3.05) is 6.61 Å². The smallest absolute Gasteiger partial charge is 0.120 e. The summed E-state index contributed by atoms with van der Waals surface area (Å²) in [7, 11) is 3.60. The molecule has 0 amide bonds. The Labute approximate surface area is 113 Å². The lowest BCUT2D eigenvalue weighted by Crippen LogP contribution is -1.98. The third-order valence-electron chi connectivity index (χ3n) is 3.13. The fraction of sp³-hybridized carbons (Fsp3) is 0.375. The molecule has 0 aliphatic rings. The maximum absolute atomic E-state index is 5.84. The summed E-state index contributed by atoms with van der Waals surface area (Å²) >= 11 is 0.